The molecule has 0 fully saturated rings. The number of rotatable bonds is 7. The highest BCUT2D eigenvalue weighted by Crippen LogP contribution is 2.40. The average molecular weight is 471 g/mol. The van der Waals surface area contributed by atoms with Gasteiger partial charge in [0.15, 0.2) is 34.8 Å². The zero-order valence-corrected chi connectivity index (χ0v) is 18.3. The van der Waals surface area contributed by atoms with Crippen LogP contribution < -0.4 is 18.9 Å². The Hall–Kier alpha value is -3.53. The van der Waals surface area contributed by atoms with Crippen LogP contribution in [0.3, 0.4) is 0 Å². The van der Waals surface area contributed by atoms with Gasteiger partial charge in [0, 0.05) is 30.1 Å². The maximum atomic E-state index is 13.5. The first-order valence-corrected chi connectivity index (χ1v) is 11.0. The van der Waals surface area contributed by atoms with Gasteiger partial charge in [0.1, 0.15) is 6.61 Å². The van der Waals surface area contributed by atoms with E-state index in [0.29, 0.717) is 45.7 Å². The number of methoxy groups -OCH3 is 1. The smallest absolute Gasteiger partial charge is 0.433 e. The Balaban J connectivity index is 1.34. The largest absolute Gasteiger partial charge is 0.493 e. The highest BCUT2D eigenvalue weighted by atomic mass is 32.2. The van der Waals surface area contributed by atoms with E-state index in [9.17, 15) is 8.78 Å². The predicted octanol–water partition coefficient (Wildman–Crippen LogP) is 5.20. The van der Waals surface area contributed by atoms with Crippen LogP contribution in [0.5, 0.6) is 23.0 Å². The first-order valence-electron chi connectivity index (χ1n) is 10.1. The Bertz CT molecular complexity index is 1280. The number of hydrogen-bond acceptors (Lipinski definition) is 7. The van der Waals surface area contributed by atoms with E-state index in [-0.39, 0.29) is 11.5 Å². The van der Waals surface area contributed by atoms with E-state index in [1.165, 1.54) is 17.8 Å². The third kappa shape index (κ3) is 4.65. The molecule has 33 heavy (non-hydrogen) atoms. The van der Waals surface area contributed by atoms with Crippen molar-refractivity contribution < 1.29 is 27.7 Å². The molecule has 0 unspecified atom stereocenters. The molecule has 4 aromatic rings. The average Bonchev–Trinajstić information content (AvgIpc) is 3.21. The van der Waals surface area contributed by atoms with Gasteiger partial charge < -0.3 is 23.9 Å². The predicted molar refractivity (Wildman–Crippen MR) is 118 cm³/mol. The zero-order valence-electron chi connectivity index (χ0n) is 17.5. The molecular weight excluding hydrogens is 452 g/mol. The molecule has 1 aliphatic rings. The van der Waals surface area contributed by atoms with Crippen molar-refractivity contribution >= 4 is 22.8 Å². The van der Waals surface area contributed by atoms with Crippen LogP contribution in [-0.4, -0.2) is 34.8 Å². The van der Waals surface area contributed by atoms with Crippen molar-refractivity contribution in [2.75, 3.05) is 13.7 Å². The van der Waals surface area contributed by atoms with E-state index < -0.39 is 12.7 Å². The van der Waals surface area contributed by atoms with Gasteiger partial charge in [0.05, 0.1) is 23.8 Å². The lowest BCUT2D eigenvalue weighted by atomic mass is 10.2. The van der Waals surface area contributed by atoms with Crippen LogP contribution in [0.25, 0.3) is 11.0 Å². The Labute approximate surface area is 192 Å². The van der Waals surface area contributed by atoms with Crippen molar-refractivity contribution in [1.29, 1.82) is 0 Å². The second-order valence-corrected chi connectivity index (χ2v) is 8.20. The SMILES string of the molecule is COc1ccnc(CSc2nc3cc4c(cc3[nH]2)OCC(F)(F)O4)c1OCc1ccccc1. The third-order valence-electron chi connectivity index (χ3n) is 4.91. The molecule has 7 nitrogen and oxygen atoms in total. The fourth-order valence-electron chi connectivity index (χ4n) is 3.36. The molecule has 3 heterocycles. The minimum absolute atomic E-state index is 0.0344. The van der Waals surface area contributed by atoms with Crippen LogP contribution in [-0.2, 0) is 12.4 Å². The van der Waals surface area contributed by atoms with Gasteiger partial charge >= 0.3 is 6.11 Å². The van der Waals surface area contributed by atoms with Crippen molar-refractivity contribution in [3.63, 3.8) is 0 Å². The van der Waals surface area contributed by atoms with E-state index in [1.807, 2.05) is 30.3 Å². The summed E-state index contributed by atoms with van der Waals surface area (Å²) in [5.74, 6) is 1.81. The van der Waals surface area contributed by atoms with E-state index in [2.05, 4.69) is 15.0 Å². The molecule has 0 bridgehead atoms. The highest BCUT2D eigenvalue weighted by Gasteiger charge is 2.38. The second-order valence-electron chi connectivity index (χ2n) is 7.24. The summed E-state index contributed by atoms with van der Waals surface area (Å²) in [6, 6.07) is 14.6. The van der Waals surface area contributed by atoms with Gasteiger partial charge in [-0.2, -0.15) is 8.78 Å². The number of hydrogen-bond donors (Lipinski definition) is 1. The second kappa shape index (κ2) is 8.78. The minimum atomic E-state index is -3.36. The van der Waals surface area contributed by atoms with Crippen LogP contribution >= 0.6 is 11.8 Å². The van der Waals surface area contributed by atoms with Gasteiger partial charge in [-0.05, 0) is 5.56 Å². The molecule has 1 N–H and O–H groups in total. The Morgan fingerprint density at radius 1 is 1.15 bits per heavy atom. The van der Waals surface area contributed by atoms with Gasteiger partial charge in [-0.3, -0.25) is 4.98 Å². The van der Waals surface area contributed by atoms with Crippen LogP contribution in [0.2, 0.25) is 0 Å². The number of halogens is 2. The molecule has 2 aromatic heterocycles. The Morgan fingerprint density at radius 3 is 2.82 bits per heavy atom. The highest BCUT2D eigenvalue weighted by molar-refractivity contribution is 7.98. The van der Waals surface area contributed by atoms with Gasteiger partial charge in [-0.25, -0.2) is 4.98 Å². The van der Waals surface area contributed by atoms with E-state index in [1.54, 1.807) is 25.4 Å². The van der Waals surface area contributed by atoms with Crippen molar-refractivity contribution in [3.8, 4) is 23.0 Å². The molecule has 0 amide bonds. The molecule has 2 aromatic carbocycles. The normalized spacial score (nSPS) is 14.3. The molecule has 0 radical (unpaired) electrons. The van der Waals surface area contributed by atoms with Crippen molar-refractivity contribution in [2.24, 2.45) is 0 Å². The molecule has 10 heteroatoms. The number of benzene rings is 2. The summed E-state index contributed by atoms with van der Waals surface area (Å²) < 4.78 is 48.3. The third-order valence-corrected chi connectivity index (χ3v) is 5.80. The van der Waals surface area contributed by atoms with Crippen molar-refractivity contribution in [1.82, 2.24) is 15.0 Å². The minimum Gasteiger partial charge on any atom is -0.493 e. The Morgan fingerprint density at radius 2 is 2.00 bits per heavy atom. The number of nitrogens with zero attached hydrogens (tertiary/aromatic N) is 2. The maximum Gasteiger partial charge on any atom is 0.433 e. The molecule has 0 aliphatic carbocycles. The van der Waals surface area contributed by atoms with E-state index in [0.717, 1.165) is 5.56 Å². The topological polar surface area (TPSA) is 78.5 Å². The molecule has 0 saturated heterocycles. The first-order chi connectivity index (χ1) is 16.0. The fraction of sp³-hybridized carbons (Fsp3) is 0.217. The molecule has 5 rings (SSSR count). The monoisotopic (exact) mass is 471 g/mol. The van der Waals surface area contributed by atoms with Crippen molar-refractivity contribution in [3.05, 3.63) is 66.0 Å². The quantitative estimate of drug-likeness (QED) is 0.371. The molecule has 0 saturated carbocycles. The molecule has 1 aliphatic heterocycles. The number of imidazole rings is 1. The summed E-state index contributed by atoms with van der Waals surface area (Å²) >= 11 is 1.40. The van der Waals surface area contributed by atoms with Crippen LogP contribution in [0, 0.1) is 0 Å². The molecule has 0 atom stereocenters. The first kappa shape index (κ1) is 21.3. The lowest BCUT2D eigenvalue weighted by molar-refractivity contribution is -0.208. The van der Waals surface area contributed by atoms with Crippen LogP contribution in [0.15, 0.2) is 59.9 Å². The summed E-state index contributed by atoms with van der Waals surface area (Å²) in [4.78, 5) is 12.1. The molecule has 170 valence electrons. The van der Waals surface area contributed by atoms with E-state index >= 15 is 0 Å². The van der Waals surface area contributed by atoms with Crippen LogP contribution in [0.1, 0.15) is 11.3 Å². The lowest BCUT2D eigenvalue weighted by Crippen LogP contribution is -2.35. The van der Waals surface area contributed by atoms with Crippen LogP contribution in [0.4, 0.5) is 8.78 Å². The number of aromatic nitrogens is 3. The van der Waals surface area contributed by atoms with Crippen molar-refractivity contribution in [2.45, 2.75) is 23.6 Å². The summed E-state index contributed by atoms with van der Waals surface area (Å²) in [6.45, 7) is -0.449. The number of H-pyrrole nitrogens is 1. The summed E-state index contributed by atoms with van der Waals surface area (Å²) in [5, 5.41) is 0.595. The molecule has 0 spiro atoms. The summed E-state index contributed by atoms with van der Waals surface area (Å²) in [5.41, 5.74) is 2.88. The number of aromatic amines is 1. The lowest BCUT2D eigenvalue weighted by Gasteiger charge is -2.25. The number of alkyl halides is 2. The number of ether oxygens (including phenoxy) is 4. The summed E-state index contributed by atoms with van der Waals surface area (Å²) in [6.07, 6.45) is -1.70. The number of thioether (sulfide) groups is 1. The van der Waals surface area contributed by atoms with Gasteiger partial charge in [-0.15, -0.1) is 0 Å². The Kier molecular flexibility index (Phi) is 5.67. The summed E-state index contributed by atoms with van der Waals surface area (Å²) in [7, 11) is 1.58. The van der Waals surface area contributed by atoms with Gasteiger partial charge in [0.25, 0.3) is 0 Å². The van der Waals surface area contributed by atoms with Gasteiger partial charge in [-0.1, -0.05) is 42.1 Å². The maximum absolute atomic E-state index is 13.5. The fourth-order valence-corrected chi connectivity index (χ4v) is 4.19. The number of nitrogens with one attached hydrogen (secondary N) is 1. The number of fused-ring (bicyclic) bond motifs is 2. The van der Waals surface area contributed by atoms with Gasteiger partial charge in [0.2, 0.25) is 0 Å². The number of pyridine rings is 1. The van der Waals surface area contributed by atoms with E-state index in [4.69, 9.17) is 18.9 Å². The standard InChI is InChI=1S/C23H19F2N3O4S/c1-29-18-7-8-26-17(21(18)30-11-14-5-3-2-4-6-14)12-33-22-27-15-9-19-20(10-16(15)28-22)32-23(24,25)13-31-19/h2-10H,11-13H2,1H3,(H,27,28). The zero-order chi connectivity index (χ0) is 22.8. The molecular formula is C23H19F2N3O4S.